The molecule has 0 saturated heterocycles. The molecule has 0 radical (unpaired) electrons. The molecule has 0 aromatic rings. The van der Waals surface area contributed by atoms with Gasteiger partial charge >= 0.3 is 33.6 Å². The number of ether oxygens (including phenoxy) is 3. The van der Waals surface area contributed by atoms with Gasteiger partial charge in [0.2, 0.25) is 0 Å². The van der Waals surface area contributed by atoms with Gasteiger partial charge in [0.1, 0.15) is 25.4 Å². The van der Waals surface area contributed by atoms with E-state index in [9.17, 15) is 43.5 Å². The molecule has 0 aromatic heterocycles. The Morgan fingerprint density at radius 2 is 0.505 bits per heavy atom. The lowest BCUT2D eigenvalue weighted by Gasteiger charge is -2.21. The second-order valence-electron chi connectivity index (χ2n) is 23.6. The number of phosphoric acid groups is 2. The van der Waals surface area contributed by atoms with Crippen LogP contribution in [0.1, 0.15) is 239 Å². The molecular formula is C81H128O16P2. The minimum Gasteiger partial charge on any atom is -0.463 e. The van der Waals surface area contributed by atoms with Crippen LogP contribution in [0.5, 0.6) is 0 Å². The van der Waals surface area contributed by atoms with Gasteiger partial charge in [-0.25, -0.2) is 9.13 Å². The molecule has 0 saturated carbocycles. The molecule has 16 nitrogen and oxygen atoms in total. The summed E-state index contributed by atoms with van der Waals surface area (Å²) in [7, 11) is -9.83. The molecule has 0 fully saturated rings. The van der Waals surface area contributed by atoms with Gasteiger partial charge in [-0.1, -0.05) is 254 Å². The molecule has 558 valence electrons. The van der Waals surface area contributed by atoms with Crippen molar-refractivity contribution < 1.29 is 75.8 Å². The monoisotopic (exact) mass is 1420 g/mol. The summed E-state index contributed by atoms with van der Waals surface area (Å²) in [4.78, 5) is 58.5. The Balaban J connectivity index is 4.75. The van der Waals surface area contributed by atoms with Crippen molar-refractivity contribution in [1.29, 1.82) is 0 Å². The van der Waals surface area contributed by atoms with Gasteiger partial charge in [-0.2, -0.15) is 0 Å². The summed E-state index contributed by atoms with van der Waals surface area (Å²) in [5.41, 5.74) is 0. The van der Waals surface area contributed by atoms with E-state index in [1.807, 2.05) is 0 Å². The molecule has 99 heavy (non-hydrogen) atoms. The summed E-state index contributed by atoms with van der Waals surface area (Å²) in [6.07, 6.45) is 93.3. The van der Waals surface area contributed by atoms with E-state index in [1.54, 1.807) is 0 Å². The van der Waals surface area contributed by atoms with Crippen molar-refractivity contribution in [3.05, 3.63) is 194 Å². The quantitative estimate of drug-likeness (QED) is 0.0146. The number of esters is 3. The SMILES string of the molecule is CC/C=C\C/C=C\C/C=C\C/C=C\C/C=C\C/C=C\CCCCCCCCC(=O)OCC(O)COP(=O)(O)OCC(O)COP(=O)(O)OCC(COC(=O)CCCC/C=C\C/C=C\C/C=C\C/C=C\C/C=C\C/C=C\CC)OC(=O)CCCCCC/C=C\C/C=C\C/C=C\C/C=C\CC. The number of carbonyl (C=O) groups is 3. The molecule has 18 heteroatoms. The molecule has 0 heterocycles. The minimum absolute atomic E-state index is 0.0577. The van der Waals surface area contributed by atoms with E-state index in [4.69, 9.17) is 32.3 Å². The van der Waals surface area contributed by atoms with Gasteiger partial charge in [0, 0.05) is 19.3 Å². The second-order valence-corrected chi connectivity index (χ2v) is 26.5. The summed E-state index contributed by atoms with van der Waals surface area (Å²) in [6, 6.07) is 0. The van der Waals surface area contributed by atoms with Gasteiger partial charge in [0.05, 0.1) is 26.4 Å². The molecule has 5 unspecified atom stereocenters. The van der Waals surface area contributed by atoms with Crippen molar-refractivity contribution >= 4 is 33.6 Å². The Hall–Kier alpha value is -5.61. The van der Waals surface area contributed by atoms with Crippen molar-refractivity contribution in [1.82, 2.24) is 0 Å². The first-order valence-corrected chi connectivity index (χ1v) is 39.7. The van der Waals surface area contributed by atoms with Gasteiger partial charge in [-0.05, 0) is 161 Å². The highest BCUT2D eigenvalue weighted by atomic mass is 31.2. The number of aliphatic hydroxyl groups is 2. The number of hydrogen-bond acceptors (Lipinski definition) is 14. The number of allylic oxidation sites excluding steroid dienone is 32. The van der Waals surface area contributed by atoms with Gasteiger partial charge in [0.25, 0.3) is 0 Å². The summed E-state index contributed by atoms with van der Waals surface area (Å²) < 4.78 is 61.0. The number of rotatable bonds is 67. The zero-order valence-corrected chi connectivity index (χ0v) is 62.4. The molecule has 0 amide bonds. The third-order valence-electron chi connectivity index (χ3n) is 14.3. The largest absolute Gasteiger partial charge is 0.472 e. The van der Waals surface area contributed by atoms with E-state index in [2.05, 4.69) is 215 Å². The smallest absolute Gasteiger partial charge is 0.463 e. The van der Waals surface area contributed by atoms with Crippen molar-refractivity contribution in [2.24, 2.45) is 0 Å². The molecule has 0 aliphatic heterocycles. The fraction of sp³-hybridized carbons (Fsp3) is 0.568. The van der Waals surface area contributed by atoms with E-state index in [-0.39, 0.29) is 19.3 Å². The molecule has 0 bridgehead atoms. The van der Waals surface area contributed by atoms with Gasteiger partial charge in [-0.3, -0.25) is 32.5 Å². The molecule has 0 spiro atoms. The van der Waals surface area contributed by atoms with E-state index >= 15 is 0 Å². The number of unbranched alkanes of at least 4 members (excludes halogenated alkanes) is 12. The predicted octanol–water partition coefficient (Wildman–Crippen LogP) is 21.2. The standard InChI is InChI=1S/C81H128O16P2/c1-4-7-10-13-16-19-22-25-28-31-33-35-36-37-38-40-42-44-46-49-52-55-58-61-64-67-79(84)91-70-76(82)71-93-98(87,88)94-72-77(83)73-95-99(89,90)96-75-78(97-81(86)69-66-63-60-57-54-51-48-43-30-27-24-21-18-15-12-9-6-3)74-92-80(85)68-65-62-59-56-53-50-47-45-41-39-34-32-29-26-23-20-17-14-11-8-5-2/h7-12,16-21,25-30,33-35,37-39,42,44-45,47-48,51,53,56,76-78,82-83H,4-6,13-15,22-24,31-32,36,40-41,43,46,49-50,52,54-55,57-75H2,1-3H3,(H,87,88)(H,89,90)/b10-7-,11-8-,12-9-,19-16-,20-17-,21-18-,28-25-,29-26-,30-27-,35-33-,38-37-,39-34-,44-42-,47-45-,51-48-,56-53-. The van der Waals surface area contributed by atoms with Crippen LogP contribution in [0.3, 0.4) is 0 Å². The first kappa shape index (κ1) is 93.4. The lowest BCUT2D eigenvalue weighted by molar-refractivity contribution is -0.161. The Morgan fingerprint density at radius 3 is 0.818 bits per heavy atom. The highest BCUT2D eigenvalue weighted by molar-refractivity contribution is 7.47. The third kappa shape index (κ3) is 73.4. The predicted molar refractivity (Wildman–Crippen MR) is 408 cm³/mol. The van der Waals surface area contributed by atoms with Crippen LogP contribution in [0, 0.1) is 0 Å². The maximum absolute atomic E-state index is 13.0. The van der Waals surface area contributed by atoms with Crippen molar-refractivity contribution in [2.45, 2.75) is 257 Å². The maximum atomic E-state index is 13.0. The van der Waals surface area contributed by atoms with E-state index in [1.165, 1.54) is 0 Å². The van der Waals surface area contributed by atoms with Crippen LogP contribution >= 0.6 is 15.6 Å². The van der Waals surface area contributed by atoms with Crippen molar-refractivity contribution in [3.63, 3.8) is 0 Å². The maximum Gasteiger partial charge on any atom is 0.472 e. The number of carbonyl (C=O) groups excluding carboxylic acids is 3. The molecule has 0 aliphatic rings. The van der Waals surface area contributed by atoms with Gasteiger partial charge in [0.15, 0.2) is 6.10 Å². The Bertz CT molecular complexity index is 2580. The summed E-state index contributed by atoms with van der Waals surface area (Å²) in [5.74, 6) is -1.69. The Kier molecular flexibility index (Phi) is 68.1. The normalized spacial score (nSPS) is 15.2. The average molecular weight is 1420 g/mol. The van der Waals surface area contributed by atoms with Crippen molar-refractivity contribution in [3.8, 4) is 0 Å². The van der Waals surface area contributed by atoms with Crippen LogP contribution in [-0.2, 0) is 55.8 Å². The first-order valence-electron chi connectivity index (χ1n) is 36.7. The molecule has 0 aromatic carbocycles. The number of phosphoric ester groups is 2. The van der Waals surface area contributed by atoms with E-state index < -0.39 is 91.5 Å². The van der Waals surface area contributed by atoms with Crippen molar-refractivity contribution in [2.75, 3.05) is 39.6 Å². The van der Waals surface area contributed by atoms with Crippen LogP contribution in [0.2, 0.25) is 0 Å². The zero-order valence-electron chi connectivity index (χ0n) is 60.6. The van der Waals surface area contributed by atoms with Crippen LogP contribution in [0.25, 0.3) is 0 Å². The van der Waals surface area contributed by atoms with Crippen LogP contribution in [-0.4, -0.2) is 95.9 Å². The Morgan fingerprint density at radius 1 is 0.283 bits per heavy atom. The van der Waals surface area contributed by atoms with Gasteiger partial charge in [-0.15, -0.1) is 0 Å². The molecule has 4 N–H and O–H groups in total. The second kappa shape index (κ2) is 72.2. The molecule has 0 aliphatic carbocycles. The fourth-order valence-electron chi connectivity index (χ4n) is 8.80. The molecule has 0 rings (SSSR count). The minimum atomic E-state index is -4.96. The van der Waals surface area contributed by atoms with Crippen LogP contribution in [0.15, 0.2) is 194 Å². The first-order chi connectivity index (χ1) is 48.2. The highest BCUT2D eigenvalue weighted by Gasteiger charge is 2.29. The number of aliphatic hydroxyl groups excluding tert-OH is 2. The fourth-order valence-corrected chi connectivity index (χ4v) is 10.4. The summed E-state index contributed by atoms with van der Waals surface area (Å²) in [5, 5.41) is 20.6. The third-order valence-corrected chi connectivity index (χ3v) is 16.2. The summed E-state index contributed by atoms with van der Waals surface area (Å²) >= 11 is 0. The average Bonchev–Trinajstić information content (AvgIpc) is 2.07. The molecule has 5 atom stereocenters. The zero-order chi connectivity index (χ0) is 72.3. The van der Waals surface area contributed by atoms with E-state index in [0.29, 0.717) is 19.3 Å². The van der Waals surface area contributed by atoms with Crippen LogP contribution in [0.4, 0.5) is 0 Å². The number of hydrogen-bond donors (Lipinski definition) is 4. The summed E-state index contributed by atoms with van der Waals surface area (Å²) in [6.45, 7) is 2.19. The highest BCUT2D eigenvalue weighted by Crippen LogP contribution is 2.45. The van der Waals surface area contributed by atoms with E-state index in [0.717, 1.165) is 180 Å². The van der Waals surface area contributed by atoms with Gasteiger partial charge < -0.3 is 34.2 Å². The lowest BCUT2D eigenvalue weighted by atomic mass is 10.1. The molecular weight excluding hydrogens is 1290 g/mol. The topological polar surface area (TPSA) is 231 Å². The van der Waals surface area contributed by atoms with Crippen LogP contribution < -0.4 is 0 Å². The Labute approximate surface area is 597 Å². The lowest BCUT2D eigenvalue weighted by Crippen LogP contribution is -2.30.